The molecule has 0 aromatic carbocycles. The first-order valence-corrected chi connectivity index (χ1v) is 15.8. The van der Waals surface area contributed by atoms with Crippen molar-refractivity contribution in [2.75, 3.05) is 7.11 Å². The SMILES string of the molecule is COC(C)(C)C/C=C/C(C)=C\C=C\C(C)=C/C=C/C(C)=C\C=C\C=C(C)/C=C/C=C(/C)CC/C=C(/C)CCCC(C)(C)O. The molecule has 0 fully saturated rings. The highest BCUT2D eigenvalue weighted by Crippen LogP contribution is 2.17. The predicted octanol–water partition coefficient (Wildman–Crippen LogP) is 12.0. The average Bonchev–Trinajstić information content (AvgIpc) is 2.90. The van der Waals surface area contributed by atoms with Crippen molar-refractivity contribution in [2.24, 2.45) is 0 Å². The van der Waals surface area contributed by atoms with E-state index in [1.807, 2.05) is 13.8 Å². The molecular weight excluding hydrogens is 524 g/mol. The number of hydrogen-bond donors (Lipinski definition) is 1. The fourth-order valence-corrected chi connectivity index (χ4v) is 3.85. The van der Waals surface area contributed by atoms with Crippen LogP contribution in [-0.2, 0) is 4.74 Å². The lowest BCUT2D eigenvalue weighted by atomic mass is 9.99. The summed E-state index contributed by atoms with van der Waals surface area (Å²) in [6.07, 6.45) is 40.2. The van der Waals surface area contributed by atoms with Gasteiger partial charge in [-0.2, -0.15) is 0 Å². The smallest absolute Gasteiger partial charge is 0.0657 e. The van der Waals surface area contributed by atoms with Crippen LogP contribution in [0.5, 0.6) is 0 Å². The molecule has 0 unspecified atom stereocenters. The average molecular weight is 587 g/mol. The fourth-order valence-electron chi connectivity index (χ4n) is 3.85. The molecule has 0 spiro atoms. The molecule has 0 rings (SSSR count). The summed E-state index contributed by atoms with van der Waals surface area (Å²) in [5.41, 5.74) is 6.95. The Kier molecular flexibility index (Phi) is 21.0. The Morgan fingerprint density at radius 3 is 1.56 bits per heavy atom. The number of aliphatic hydroxyl groups is 1. The van der Waals surface area contributed by atoms with Gasteiger partial charge in [-0.05, 0) is 108 Å². The largest absolute Gasteiger partial charge is 0.390 e. The van der Waals surface area contributed by atoms with Crippen LogP contribution >= 0.6 is 0 Å². The van der Waals surface area contributed by atoms with Crippen molar-refractivity contribution in [2.45, 2.75) is 119 Å². The molecule has 0 amide bonds. The number of rotatable bonds is 19. The van der Waals surface area contributed by atoms with E-state index < -0.39 is 5.60 Å². The molecule has 2 nitrogen and oxygen atoms in total. The van der Waals surface area contributed by atoms with Crippen molar-refractivity contribution < 1.29 is 9.84 Å². The summed E-state index contributed by atoms with van der Waals surface area (Å²) in [5, 5.41) is 9.84. The molecule has 0 saturated carbocycles. The maximum Gasteiger partial charge on any atom is 0.0657 e. The first-order valence-electron chi connectivity index (χ1n) is 15.8. The van der Waals surface area contributed by atoms with Crippen molar-refractivity contribution in [3.05, 3.63) is 131 Å². The van der Waals surface area contributed by atoms with E-state index >= 15 is 0 Å². The third-order valence-corrected chi connectivity index (χ3v) is 6.94. The van der Waals surface area contributed by atoms with Gasteiger partial charge < -0.3 is 9.84 Å². The van der Waals surface area contributed by atoms with Crippen LogP contribution in [0.4, 0.5) is 0 Å². The normalized spacial score (nSPS) is 16.0. The van der Waals surface area contributed by atoms with Gasteiger partial charge in [0.25, 0.3) is 0 Å². The quantitative estimate of drug-likeness (QED) is 0.120. The molecule has 2 heteroatoms. The van der Waals surface area contributed by atoms with Crippen molar-refractivity contribution in [1.82, 2.24) is 0 Å². The molecule has 0 aliphatic heterocycles. The maximum atomic E-state index is 9.84. The number of hydrogen-bond acceptors (Lipinski definition) is 2. The van der Waals surface area contributed by atoms with Gasteiger partial charge in [-0.15, -0.1) is 0 Å². The molecule has 0 radical (unpaired) electrons. The summed E-state index contributed by atoms with van der Waals surface area (Å²) in [4.78, 5) is 0. The van der Waals surface area contributed by atoms with Crippen molar-refractivity contribution >= 4 is 0 Å². The molecule has 43 heavy (non-hydrogen) atoms. The first-order chi connectivity index (χ1) is 20.1. The number of methoxy groups -OCH3 is 1. The van der Waals surface area contributed by atoms with Crippen LogP contribution in [0.15, 0.2) is 131 Å². The maximum absolute atomic E-state index is 9.84. The van der Waals surface area contributed by atoms with Gasteiger partial charge in [-0.25, -0.2) is 0 Å². The standard InChI is InChI=1S/C41H62O2/c1-34(22-14-24-36(3)26-16-28-38(5)30-18-32-40(7,8)42)20-12-13-21-35(2)23-15-25-37(4)27-17-29-39(6)31-19-33-41(9,10)43-11/h12-15,17,19-25,27-29,31,42H,16,18,26,30,32-33H2,1-11H3/b13-12+,22-14+,23-15+,27-17+,31-19+,34-20-,35-21-,36-24-,37-25-,38-28-,39-29-. The van der Waals surface area contributed by atoms with Gasteiger partial charge >= 0.3 is 0 Å². The Hall–Kier alpha value is -2.94. The van der Waals surface area contributed by atoms with Gasteiger partial charge in [0.05, 0.1) is 11.2 Å². The highest BCUT2D eigenvalue weighted by molar-refractivity contribution is 5.32. The van der Waals surface area contributed by atoms with E-state index in [1.165, 1.54) is 33.4 Å². The van der Waals surface area contributed by atoms with E-state index in [0.29, 0.717) is 0 Å². The summed E-state index contributed by atoms with van der Waals surface area (Å²) in [6.45, 7) is 20.8. The summed E-state index contributed by atoms with van der Waals surface area (Å²) >= 11 is 0. The van der Waals surface area contributed by atoms with Gasteiger partial charge in [-0.1, -0.05) is 131 Å². The Morgan fingerprint density at radius 2 is 1.07 bits per heavy atom. The minimum atomic E-state index is -0.560. The Bertz CT molecular complexity index is 1140. The van der Waals surface area contributed by atoms with Gasteiger partial charge in [0, 0.05) is 7.11 Å². The van der Waals surface area contributed by atoms with Gasteiger partial charge in [-0.3, -0.25) is 0 Å². The molecule has 0 bridgehead atoms. The van der Waals surface area contributed by atoms with E-state index in [-0.39, 0.29) is 5.60 Å². The molecular formula is C41H62O2. The molecule has 0 atom stereocenters. The molecule has 0 heterocycles. The molecule has 0 aliphatic rings. The Morgan fingerprint density at radius 1 is 0.605 bits per heavy atom. The molecule has 0 aliphatic carbocycles. The highest BCUT2D eigenvalue weighted by atomic mass is 16.5. The van der Waals surface area contributed by atoms with Crippen LogP contribution in [0, 0.1) is 0 Å². The fraction of sp³-hybridized carbons (Fsp3) is 0.463. The number of ether oxygens (including phenoxy) is 1. The summed E-state index contributed by atoms with van der Waals surface area (Å²) in [7, 11) is 1.75. The predicted molar refractivity (Wildman–Crippen MR) is 193 cm³/mol. The second-order valence-electron chi connectivity index (χ2n) is 12.9. The van der Waals surface area contributed by atoms with Crippen LogP contribution in [0.1, 0.15) is 108 Å². The van der Waals surface area contributed by atoms with Gasteiger partial charge in [0.15, 0.2) is 0 Å². The Labute approximate surface area is 266 Å². The number of allylic oxidation sites excluding steroid dienone is 21. The minimum Gasteiger partial charge on any atom is -0.390 e. The van der Waals surface area contributed by atoms with Gasteiger partial charge in [0.1, 0.15) is 0 Å². The lowest BCUT2D eigenvalue weighted by Crippen LogP contribution is -2.20. The second-order valence-corrected chi connectivity index (χ2v) is 12.9. The van der Waals surface area contributed by atoms with Gasteiger partial charge in [0.2, 0.25) is 0 Å². The van der Waals surface area contributed by atoms with Crippen LogP contribution in [-0.4, -0.2) is 23.4 Å². The van der Waals surface area contributed by atoms with E-state index in [4.69, 9.17) is 4.74 Å². The summed E-state index contributed by atoms with van der Waals surface area (Å²) in [5.74, 6) is 0. The van der Waals surface area contributed by atoms with Crippen molar-refractivity contribution in [1.29, 1.82) is 0 Å². The third kappa shape index (κ3) is 26.4. The second kappa shape index (κ2) is 22.6. The lowest BCUT2D eigenvalue weighted by Gasteiger charge is -2.20. The van der Waals surface area contributed by atoms with E-state index in [0.717, 1.165) is 38.5 Å². The van der Waals surface area contributed by atoms with E-state index in [9.17, 15) is 5.11 Å². The zero-order valence-electron chi connectivity index (χ0n) is 29.3. The van der Waals surface area contributed by atoms with Crippen molar-refractivity contribution in [3.63, 3.8) is 0 Å². The summed E-state index contributed by atoms with van der Waals surface area (Å²) in [6, 6.07) is 0. The van der Waals surface area contributed by atoms with E-state index in [2.05, 4.69) is 153 Å². The zero-order chi connectivity index (χ0) is 32.7. The summed E-state index contributed by atoms with van der Waals surface area (Å²) < 4.78 is 5.45. The van der Waals surface area contributed by atoms with Crippen LogP contribution in [0.3, 0.4) is 0 Å². The molecule has 238 valence electrons. The minimum absolute atomic E-state index is 0.122. The molecule has 0 aromatic heterocycles. The third-order valence-electron chi connectivity index (χ3n) is 6.94. The zero-order valence-corrected chi connectivity index (χ0v) is 29.3. The first kappa shape index (κ1) is 40.1. The molecule has 0 aromatic rings. The Balaban J connectivity index is 4.64. The highest BCUT2D eigenvalue weighted by Gasteiger charge is 2.13. The van der Waals surface area contributed by atoms with Crippen LogP contribution in [0.25, 0.3) is 0 Å². The van der Waals surface area contributed by atoms with Crippen LogP contribution < -0.4 is 0 Å². The van der Waals surface area contributed by atoms with E-state index in [1.54, 1.807) is 7.11 Å². The molecule has 0 saturated heterocycles. The van der Waals surface area contributed by atoms with Crippen molar-refractivity contribution in [3.8, 4) is 0 Å². The lowest BCUT2D eigenvalue weighted by molar-refractivity contribution is 0.0255. The topological polar surface area (TPSA) is 29.5 Å². The van der Waals surface area contributed by atoms with Crippen LogP contribution in [0.2, 0.25) is 0 Å². The monoisotopic (exact) mass is 586 g/mol. The molecule has 1 N–H and O–H groups in total.